The monoisotopic (exact) mass is 335 g/mol. The second kappa shape index (κ2) is 6.86. The molecule has 1 N–H and O–H groups in total. The zero-order chi connectivity index (χ0) is 16.2. The minimum atomic E-state index is -0.128. The first kappa shape index (κ1) is 15.6. The van der Waals surface area contributed by atoms with Crippen LogP contribution in [-0.4, -0.2) is 45.1 Å². The number of amides is 1. The first-order valence-electron chi connectivity index (χ1n) is 7.17. The van der Waals surface area contributed by atoms with E-state index < -0.39 is 0 Å². The van der Waals surface area contributed by atoms with Crippen molar-refractivity contribution in [3.63, 3.8) is 0 Å². The molecule has 0 saturated carbocycles. The Balaban J connectivity index is 1.57. The number of nitrogens with zero attached hydrogens (tertiary/aromatic N) is 4. The zero-order valence-electron chi connectivity index (χ0n) is 12.9. The number of rotatable bonds is 5. The fraction of sp³-hybridized carbons (Fsp3) is 0.429. The molecule has 1 amide bonds. The molecule has 1 aromatic carbocycles. The second-order valence-corrected chi connectivity index (χ2v) is 6.01. The van der Waals surface area contributed by atoms with Gasteiger partial charge < -0.3 is 14.8 Å². The van der Waals surface area contributed by atoms with Crippen molar-refractivity contribution in [2.24, 2.45) is 7.05 Å². The highest BCUT2D eigenvalue weighted by Crippen LogP contribution is 2.32. The summed E-state index contributed by atoms with van der Waals surface area (Å²) < 4.78 is 12.6. The lowest BCUT2D eigenvalue weighted by Crippen LogP contribution is -2.28. The number of ether oxygens (including phenoxy) is 2. The molecule has 0 radical (unpaired) electrons. The SMILES string of the molecule is C[C@@H](NC(=O)CSc1nnnn1C)c1ccc2c(c1)OCCO2. The van der Waals surface area contributed by atoms with E-state index in [-0.39, 0.29) is 17.7 Å². The van der Waals surface area contributed by atoms with E-state index >= 15 is 0 Å². The third kappa shape index (κ3) is 3.73. The van der Waals surface area contributed by atoms with Gasteiger partial charge in [-0.2, -0.15) is 0 Å². The largest absolute Gasteiger partial charge is 0.486 e. The van der Waals surface area contributed by atoms with Crippen molar-refractivity contribution in [3.8, 4) is 11.5 Å². The van der Waals surface area contributed by atoms with Crippen LogP contribution in [0.1, 0.15) is 18.5 Å². The van der Waals surface area contributed by atoms with Gasteiger partial charge in [-0.15, -0.1) is 5.10 Å². The third-order valence-corrected chi connectivity index (χ3v) is 4.37. The maximum absolute atomic E-state index is 12.1. The molecule has 8 nitrogen and oxygen atoms in total. The number of aromatic nitrogens is 4. The molecule has 1 atom stereocenters. The lowest BCUT2D eigenvalue weighted by molar-refractivity contribution is -0.119. The van der Waals surface area contributed by atoms with Crippen molar-refractivity contribution >= 4 is 17.7 Å². The van der Waals surface area contributed by atoms with Crippen molar-refractivity contribution in [1.29, 1.82) is 0 Å². The normalized spacial score (nSPS) is 14.3. The minimum absolute atomic E-state index is 0.0830. The van der Waals surface area contributed by atoms with Crippen LogP contribution in [0.15, 0.2) is 23.4 Å². The fourth-order valence-corrected chi connectivity index (χ4v) is 2.83. The van der Waals surface area contributed by atoms with Gasteiger partial charge in [0, 0.05) is 7.05 Å². The van der Waals surface area contributed by atoms with Gasteiger partial charge in [-0.25, -0.2) is 4.68 Å². The number of hydrogen-bond acceptors (Lipinski definition) is 7. The summed E-state index contributed by atoms with van der Waals surface area (Å²) in [5, 5.41) is 14.6. The number of hydrogen-bond donors (Lipinski definition) is 1. The Kier molecular flexibility index (Phi) is 4.65. The summed E-state index contributed by atoms with van der Waals surface area (Å²) >= 11 is 1.29. The van der Waals surface area contributed by atoms with Crippen LogP contribution in [0.2, 0.25) is 0 Å². The molecular formula is C14H17N5O3S. The molecule has 1 aliphatic heterocycles. The Morgan fingerprint density at radius 2 is 2.17 bits per heavy atom. The number of benzene rings is 1. The third-order valence-electron chi connectivity index (χ3n) is 3.36. The number of carbonyl (C=O) groups excluding carboxylic acids is 1. The average molecular weight is 335 g/mol. The van der Waals surface area contributed by atoms with Gasteiger partial charge in [0.05, 0.1) is 11.8 Å². The number of nitrogens with one attached hydrogen (secondary N) is 1. The Hall–Kier alpha value is -2.29. The molecule has 0 spiro atoms. The predicted octanol–water partition coefficient (Wildman–Crippen LogP) is 0.951. The van der Waals surface area contributed by atoms with Crippen molar-refractivity contribution in [3.05, 3.63) is 23.8 Å². The molecule has 3 rings (SSSR count). The van der Waals surface area contributed by atoms with Gasteiger partial charge >= 0.3 is 0 Å². The van der Waals surface area contributed by atoms with Gasteiger partial charge in [-0.05, 0) is 35.0 Å². The fourth-order valence-electron chi connectivity index (χ4n) is 2.17. The number of aryl methyl sites for hydroxylation is 1. The van der Waals surface area contributed by atoms with Gasteiger partial charge in [0.1, 0.15) is 13.2 Å². The summed E-state index contributed by atoms with van der Waals surface area (Å²) in [6, 6.07) is 5.57. The van der Waals surface area contributed by atoms with Crippen LogP contribution in [0.4, 0.5) is 0 Å². The predicted molar refractivity (Wildman–Crippen MR) is 83.5 cm³/mol. The van der Waals surface area contributed by atoms with Gasteiger partial charge in [-0.1, -0.05) is 17.8 Å². The summed E-state index contributed by atoms with van der Waals surface area (Å²) in [5.41, 5.74) is 0.966. The molecule has 0 unspecified atom stereocenters. The van der Waals surface area contributed by atoms with E-state index in [9.17, 15) is 4.79 Å². The van der Waals surface area contributed by atoms with Crippen molar-refractivity contribution in [2.75, 3.05) is 19.0 Å². The van der Waals surface area contributed by atoms with Crippen LogP contribution in [0.25, 0.3) is 0 Å². The molecule has 1 aromatic heterocycles. The van der Waals surface area contributed by atoms with Crippen molar-refractivity contribution in [2.45, 2.75) is 18.1 Å². The van der Waals surface area contributed by atoms with Crippen LogP contribution in [0, 0.1) is 0 Å². The van der Waals surface area contributed by atoms with Crippen molar-refractivity contribution in [1.82, 2.24) is 25.5 Å². The van der Waals surface area contributed by atoms with Gasteiger partial charge in [0.25, 0.3) is 0 Å². The summed E-state index contributed by atoms with van der Waals surface area (Å²) in [6.45, 7) is 3.03. The molecule has 0 aliphatic carbocycles. The minimum Gasteiger partial charge on any atom is -0.486 e. The molecule has 2 aromatic rings. The highest BCUT2D eigenvalue weighted by molar-refractivity contribution is 7.99. The highest BCUT2D eigenvalue weighted by atomic mass is 32.2. The van der Waals surface area contributed by atoms with E-state index in [1.807, 2.05) is 25.1 Å². The first-order chi connectivity index (χ1) is 11.1. The average Bonchev–Trinajstić information content (AvgIpc) is 2.97. The lowest BCUT2D eigenvalue weighted by atomic mass is 10.1. The summed E-state index contributed by atoms with van der Waals surface area (Å²) in [6.07, 6.45) is 0. The van der Waals surface area contributed by atoms with Gasteiger partial charge in [0.15, 0.2) is 11.5 Å². The van der Waals surface area contributed by atoms with Gasteiger partial charge in [-0.3, -0.25) is 4.79 Å². The van der Waals surface area contributed by atoms with E-state index in [2.05, 4.69) is 20.8 Å². The maximum atomic E-state index is 12.1. The summed E-state index contributed by atoms with van der Waals surface area (Å²) in [7, 11) is 1.73. The Morgan fingerprint density at radius 3 is 2.91 bits per heavy atom. The van der Waals surface area contributed by atoms with E-state index in [4.69, 9.17) is 9.47 Å². The Morgan fingerprint density at radius 1 is 1.39 bits per heavy atom. The molecule has 0 fully saturated rings. The maximum Gasteiger partial charge on any atom is 0.230 e. The van der Waals surface area contributed by atoms with E-state index in [0.717, 1.165) is 17.1 Å². The number of thioether (sulfide) groups is 1. The van der Waals surface area contributed by atoms with Crippen LogP contribution in [0.3, 0.4) is 0 Å². The molecule has 23 heavy (non-hydrogen) atoms. The molecule has 0 bridgehead atoms. The topological polar surface area (TPSA) is 91.2 Å². The lowest BCUT2D eigenvalue weighted by Gasteiger charge is -2.21. The number of carbonyl (C=O) groups is 1. The molecule has 122 valence electrons. The number of tetrazole rings is 1. The van der Waals surface area contributed by atoms with Crippen LogP contribution in [-0.2, 0) is 11.8 Å². The zero-order valence-corrected chi connectivity index (χ0v) is 13.7. The number of fused-ring (bicyclic) bond motifs is 1. The standard InChI is InChI=1S/C14H17N5O3S/c1-9(10-3-4-11-12(7-10)22-6-5-21-11)15-13(20)8-23-14-16-17-18-19(14)2/h3-4,7,9H,5-6,8H2,1-2H3,(H,15,20)/t9-/m1/s1. The summed E-state index contributed by atoms with van der Waals surface area (Å²) in [4.78, 5) is 12.1. The molecule has 9 heteroatoms. The molecule has 1 aliphatic rings. The highest BCUT2D eigenvalue weighted by Gasteiger charge is 2.16. The van der Waals surface area contributed by atoms with Gasteiger partial charge in [0.2, 0.25) is 11.1 Å². The Labute approximate surface area is 137 Å². The smallest absolute Gasteiger partial charge is 0.230 e. The van der Waals surface area contributed by atoms with Crippen LogP contribution >= 0.6 is 11.8 Å². The van der Waals surface area contributed by atoms with Crippen LogP contribution in [0.5, 0.6) is 11.5 Å². The van der Waals surface area contributed by atoms with E-state index in [1.165, 1.54) is 16.4 Å². The Bertz CT molecular complexity index is 705. The van der Waals surface area contributed by atoms with E-state index in [1.54, 1.807) is 7.05 Å². The first-order valence-corrected chi connectivity index (χ1v) is 8.16. The second-order valence-electron chi connectivity index (χ2n) is 5.07. The quantitative estimate of drug-likeness (QED) is 0.813. The van der Waals surface area contributed by atoms with Crippen molar-refractivity contribution < 1.29 is 14.3 Å². The van der Waals surface area contributed by atoms with Crippen LogP contribution < -0.4 is 14.8 Å². The molecule has 0 saturated heterocycles. The summed E-state index contributed by atoms with van der Waals surface area (Å²) in [5.74, 6) is 1.63. The molecular weight excluding hydrogens is 318 g/mol. The molecule has 2 heterocycles. The van der Waals surface area contributed by atoms with E-state index in [0.29, 0.717) is 18.4 Å².